The maximum atomic E-state index is 5.68. The van der Waals surface area contributed by atoms with Gasteiger partial charge in [-0.2, -0.15) is 0 Å². The lowest BCUT2D eigenvalue weighted by Crippen LogP contribution is -2.37. The highest BCUT2D eigenvalue weighted by molar-refractivity contribution is 7.09. The largest absolute Gasteiger partial charge is 0.329 e. The molecule has 0 saturated heterocycles. The van der Waals surface area contributed by atoms with E-state index in [1.54, 1.807) is 0 Å². The van der Waals surface area contributed by atoms with E-state index in [9.17, 15) is 0 Å². The van der Waals surface area contributed by atoms with Crippen LogP contribution >= 0.6 is 11.3 Å². The van der Waals surface area contributed by atoms with Crippen LogP contribution in [0.2, 0.25) is 0 Å². The molecular weight excluding hydrogens is 230 g/mol. The summed E-state index contributed by atoms with van der Waals surface area (Å²) in [4.78, 5) is 6.33. The minimum absolute atomic E-state index is 0.740. The Bertz CT molecular complexity index is 270. The molecule has 1 heterocycles. The standard InChI is InChI=1S/C13H25N3S/c1-3-15(4-2)9-10-16(8-7-14)12-13-6-5-11-17-13/h5-6,11H,3-4,7-10,12,14H2,1-2H3. The summed E-state index contributed by atoms with van der Waals surface area (Å²) in [6, 6.07) is 4.32. The second-order valence-corrected chi connectivity index (χ2v) is 5.20. The van der Waals surface area contributed by atoms with Gasteiger partial charge < -0.3 is 10.6 Å². The predicted octanol–water partition coefficient (Wildman–Crippen LogP) is 1.85. The minimum atomic E-state index is 0.740. The second kappa shape index (κ2) is 8.64. The van der Waals surface area contributed by atoms with E-state index in [4.69, 9.17) is 5.73 Å². The zero-order valence-electron chi connectivity index (χ0n) is 11.1. The molecule has 0 amide bonds. The molecule has 0 aromatic carbocycles. The molecule has 0 unspecified atom stereocenters. The molecule has 0 bridgehead atoms. The van der Waals surface area contributed by atoms with Gasteiger partial charge in [0, 0.05) is 37.6 Å². The van der Waals surface area contributed by atoms with Gasteiger partial charge in [0.05, 0.1) is 0 Å². The first-order chi connectivity index (χ1) is 8.30. The molecule has 0 spiro atoms. The van der Waals surface area contributed by atoms with Gasteiger partial charge in [0.2, 0.25) is 0 Å². The van der Waals surface area contributed by atoms with Gasteiger partial charge in [-0.25, -0.2) is 0 Å². The van der Waals surface area contributed by atoms with E-state index >= 15 is 0 Å². The molecule has 0 atom stereocenters. The predicted molar refractivity (Wildman–Crippen MR) is 76.4 cm³/mol. The number of hydrogen-bond acceptors (Lipinski definition) is 4. The van der Waals surface area contributed by atoms with E-state index in [2.05, 4.69) is 41.2 Å². The molecule has 0 aliphatic heterocycles. The van der Waals surface area contributed by atoms with Crippen LogP contribution in [0.25, 0.3) is 0 Å². The summed E-state index contributed by atoms with van der Waals surface area (Å²) in [7, 11) is 0. The monoisotopic (exact) mass is 255 g/mol. The van der Waals surface area contributed by atoms with Crippen molar-refractivity contribution in [2.45, 2.75) is 20.4 Å². The zero-order chi connectivity index (χ0) is 12.5. The molecule has 0 radical (unpaired) electrons. The van der Waals surface area contributed by atoms with Crippen molar-refractivity contribution in [3.8, 4) is 0 Å². The van der Waals surface area contributed by atoms with Gasteiger partial charge in [-0.15, -0.1) is 11.3 Å². The summed E-state index contributed by atoms with van der Waals surface area (Å²) in [6.07, 6.45) is 0. The van der Waals surface area contributed by atoms with E-state index in [-0.39, 0.29) is 0 Å². The highest BCUT2D eigenvalue weighted by Gasteiger charge is 2.07. The number of thiophene rings is 1. The summed E-state index contributed by atoms with van der Waals surface area (Å²) < 4.78 is 0. The fourth-order valence-electron chi connectivity index (χ4n) is 1.90. The molecule has 2 N–H and O–H groups in total. The van der Waals surface area contributed by atoms with Crippen molar-refractivity contribution in [2.75, 3.05) is 39.3 Å². The van der Waals surface area contributed by atoms with E-state index in [1.807, 2.05) is 11.3 Å². The maximum absolute atomic E-state index is 5.68. The van der Waals surface area contributed by atoms with Crippen LogP contribution in [0.15, 0.2) is 17.5 Å². The first-order valence-electron chi connectivity index (χ1n) is 6.47. The van der Waals surface area contributed by atoms with Gasteiger partial charge >= 0.3 is 0 Å². The first-order valence-corrected chi connectivity index (χ1v) is 7.35. The molecule has 0 aliphatic carbocycles. The normalized spacial score (nSPS) is 11.6. The van der Waals surface area contributed by atoms with Crippen molar-refractivity contribution in [1.29, 1.82) is 0 Å². The highest BCUT2D eigenvalue weighted by atomic mass is 32.1. The number of likely N-dealkylation sites (N-methyl/N-ethyl adjacent to an activating group) is 1. The summed E-state index contributed by atoms with van der Waals surface area (Å²) in [5.41, 5.74) is 5.68. The third kappa shape index (κ3) is 5.64. The van der Waals surface area contributed by atoms with Crippen molar-refractivity contribution >= 4 is 11.3 Å². The van der Waals surface area contributed by atoms with Crippen LogP contribution in [0.1, 0.15) is 18.7 Å². The Balaban J connectivity index is 2.37. The van der Waals surface area contributed by atoms with Gasteiger partial charge in [0.1, 0.15) is 0 Å². The molecule has 17 heavy (non-hydrogen) atoms. The molecular formula is C13H25N3S. The van der Waals surface area contributed by atoms with Crippen LogP contribution in [0.3, 0.4) is 0 Å². The van der Waals surface area contributed by atoms with Crippen LogP contribution in [-0.2, 0) is 6.54 Å². The Morgan fingerprint density at radius 1 is 1.12 bits per heavy atom. The van der Waals surface area contributed by atoms with E-state index in [1.165, 1.54) is 4.88 Å². The van der Waals surface area contributed by atoms with E-state index in [0.29, 0.717) is 0 Å². The SMILES string of the molecule is CCN(CC)CCN(CCN)Cc1cccs1. The zero-order valence-corrected chi connectivity index (χ0v) is 11.9. The van der Waals surface area contributed by atoms with Gasteiger partial charge in [-0.3, -0.25) is 4.90 Å². The lowest BCUT2D eigenvalue weighted by Gasteiger charge is -2.25. The van der Waals surface area contributed by atoms with Gasteiger partial charge in [-0.05, 0) is 24.5 Å². The number of nitrogens with two attached hydrogens (primary N) is 1. The molecule has 1 aromatic rings. The summed E-state index contributed by atoms with van der Waals surface area (Å²) in [6.45, 7) is 11.7. The molecule has 1 aromatic heterocycles. The van der Waals surface area contributed by atoms with Crippen LogP contribution < -0.4 is 5.73 Å². The van der Waals surface area contributed by atoms with E-state index in [0.717, 1.165) is 45.8 Å². The van der Waals surface area contributed by atoms with Crippen LogP contribution in [0.4, 0.5) is 0 Å². The lowest BCUT2D eigenvalue weighted by atomic mass is 10.3. The summed E-state index contributed by atoms with van der Waals surface area (Å²) in [5, 5.41) is 2.14. The second-order valence-electron chi connectivity index (χ2n) is 4.17. The van der Waals surface area contributed by atoms with E-state index < -0.39 is 0 Å². The lowest BCUT2D eigenvalue weighted by molar-refractivity contribution is 0.213. The Hall–Kier alpha value is -0.420. The molecule has 0 aliphatic rings. The van der Waals surface area contributed by atoms with Crippen molar-refractivity contribution in [1.82, 2.24) is 9.80 Å². The van der Waals surface area contributed by atoms with Crippen LogP contribution in [-0.4, -0.2) is 49.1 Å². The van der Waals surface area contributed by atoms with Crippen molar-refractivity contribution in [2.24, 2.45) is 5.73 Å². The average Bonchev–Trinajstić information content (AvgIpc) is 2.83. The Morgan fingerprint density at radius 3 is 2.35 bits per heavy atom. The third-order valence-electron chi connectivity index (χ3n) is 3.03. The van der Waals surface area contributed by atoms with Gasteiger partial charge in [0.15, 0.2) is 0 Å². The molecule has 1 rings (SSSR count). The van der Waals surface area contributed by atoms with Crippen molar-refractivity contribution in [3.63, 3.8) is 0 Å². The number of rotatable bonds is 9. The van der Waals surface area contributed by atoms with Crippen LogP contribution in [0.5, 0.6) is 0 Å². The average molecular weight is 255 g/mol. The molecule has 0 fully saturated rings. The summed E-state index contributed by atoms with van der Waals surface area (Å²) >= 11 is 1.83. The Kier molecular flexibility index (Phi) is 7.44. The summed E-state index contributed by atoms with van der Waals surface area (Å²) in [5.74, 6) is 0. The molecule has 4 heteroatoms. The first kappa shape index (κ1) is 14.6. The quantitative estimate of drug-likeness (QED) is 0.731. The van der Waals surface area contributed by atoms with Crippen molar-refractivity contribution < 1.29 is 0 Å². The number of hydrogen-bond donors (Lipinski definition) is 1. The third-order valence-corrected chi connectivity index (χ3v) is 3.89. The molecule has 0 saturated carbocycles. The molecule has 98 valence electrons. The highest BCUT2D eigenvalue weighted by Crippen LogP contribution is 2.11. The van der Waals surface area contributed by atoms with Crippen LogP contribution in [0, 0.1) is 0 Å². The topological polar surface area (TPSA) is 32.5 Å². The maximum Gasteiger partial charge on any atom is 0.0328 e. The van der Waals surface area contributed by atoms with Crippen molar-refractivity contribution in [3.05, 3.63) is 22.4 Å². The fraction of sp³-hybridized carbons (Fsp3) is 0.692. The molecule has 3 nitrogen and oxygen atoms in total. The number of nitrogens with zero attached hydrogens (tertiary/aromatic N) is 2. The minimum Gasteiger partial charge on any atom is -0.329 e. The van der Waals surface area contributed by atoms with Gasteiger partial charge in [-0.1, -0.05) is 19.9 Å². The van der Waals surface area contributed by atoms with Gasteiger partial charge in [0.25, 0.3) is 0 Å². The fourth-order valence-corrected chi connectivity index (χ4v) is 2.64. The smallest absolute Gasteiger partial charge is 0.0328 e. The Morgan fingerprint density at radius 2 is 1.82 bits per heavy atom. The Labute approximate surface area is 109 Å².